The van der Waals surface area contributed by atoms with Gasteiger partial charge in [0, 0.05) is 10.6 Å². The molecule has 0 radical (unpaired) electrons. The van der Waals surface area contributed by atoms with Crippen molar-refractivity contribution in [1.29, 1.82) is 0 Å². The van der Waals surface area contributed by atoms with Crippen molar-refractivity contribution in [2.75, 3.05) is 0 Å². The first kappa shape index (κ1) is 16.2. The largest absolute Gasteiger partial charge is 0.273 e. The van der Waals surface area contributed by atoms with Gasteiger partial charge in [-0.25, -0.2) is 5.43 Å². The Balaban J connectivity index is 1.97. The first-order valence-corrected chi connectivity index (χ1v) is 7.47. The molecule has 0 fully saturated rings. The Bertz CT molecular complexity index is 683. The Morgan fingerprint density at radius 2 is 1.73 bits per heavy atom. The predicted octanol–water partition coefficient (Wildman–Crippen LogP) is 3.96. The highest BCUT2D eigenvalue weighted by atomic mass is 35.5. The number of halogens is 1. The molecule has 0 atom stereocenters. The molecule has 0 bridgehead atoms. The van der Waals surface area contributed by atoms with Crippen molar-refractivity contribution in [2.45, 2.75) is 27.2 Å². The molecule has 114 valence electrons. The molecule has 0 saturated carbocycles. The van der Waals surface area contributed by atoms with Gasteiger partial charge in [0.25, 0.3) is 0 Å². The lowest BCUT2D eigenvalue weighted by Gasteiger charge is -2.06. The fourth-order valence-electron chi connectivity index (χ4n) is 2.39. The van der Waals surface area contributed by atoms with Crippen LogP contribution < -0.4 is 5.43 Å². The van der Waals surface area contributed by atoms with Crippen LogP contribution in [-0.2, 0) is 11.2 Å². The zero-order valence-electron chi connectivity index (χ0n) is 13.0. The van der Waals surface area contributed by atoms with Crippen LogP contribution in [-0.4, -0.2) is 12.1 Å². The summed E-state index contributed by atoms with van der Waals surface area (Å²) < 4.78 is 0. The number of nitrogens with zero attached hydrogens (tertiary/aromatic N) is 1. The Morgan fingerprint density at radius 3 is 2.32 bits per heavy atom. The molecule has 3 nitrogen and oxygen atoms in total. The van der Waals surface area contributed by atoms with Gasteiger partial charge in [-0.05, 0) is 49.6 Å². The van der Waals surface area contributed by atoms with Crippen LogP contribution >= 0.6 is 11.6 Å². The summed E-state index contributed by atoms with van der Waals surface area (Å²) in [5, 5.41) is 4.72. The fraction of sp³-hybridized carbons (Fsp3) is 0.222. The molecule has 0 saturated heterocycles. The lowest BCUT2D eigenvalue weighted by molar-refractivity contribution is -0.120. The first-order valence-electron chi connectivity index (χ1n) is 7.10. The van der Waals surface area contributed by atoms with E-state index in [2.05, 4.69) is 29.6 Å². The average Bonchev–Trinajstić information content (AvgIpc) is 2.44. The third-order valence-electron chi connectivity index (χ3n) is 3.40. The molecule has 2 aromatic rings. The first-order chi connectivity index (χ1) is 10.5. The standard InChI is InChI=1S/C18H19ClN2O/c1-12-8-13(2)17(14(3)9-12)11-20-21-18(22)10-15-4-6-16(19)7-5-15/h4-9,11H,10H2,1-3H3,(H,21,22). The van der Waals surface area contributed by atoms with Crippen molar-refractivity contribution < 1.29 is 4.79 Å². The number of amides is 1. The van der Waals surface area contributed by atoms with Crippen LogP contribution in [0.15, 0.2) is 41.5 Å². The van der Waals surface area contributed by atoms with E-state index in [1.807, 2.05) is 26.0 Å². The monoisotopic (exact) mass is 314 g/mol. The smallest absolute Gasteiger partial charge is 0.244 e. The van der Waals surface area contributed by atoms with Crippen molar-refractivity contribution >= 4 is 23.7 Å². The van der Waals surface area contributed by atoms with Crippen LogP contribution in [0.4, 0.5) is 0 Å². The SMILES string of the molecule is Cc1cc(C)c(C=NNC(=O)Cc2ccc(Cl)cc2)c(C)c1. The third-order valence-corrected chi connectivity index (χ3v) is 3.65. The minimum Gasteiger partial charge on any atom is -0.273 e. The summed E-state index contributed by atoms with van der Waals surface area (Å²) in [4.78, 5) is 11.9. The maximum Gasteiger partial charge on any atom is 0.244 e. The quantitative estimate of drug-likeness (QED) is 0.673. The number of benzene rings is 2. The van der Waals surface area contributed by atoms with E-state index in [9.17, 15) is 4.79 Å². The van der Waals surface area contributed by atoms with Crippen LogP contribution in [0, 0.1) is 20.8 Å². The Morgan fingerprint density at radius 1 is 1.14 bits per heavy atom. The lowest BCUT2D eigenvalue weighted by Crippen LogP contribution is -2.19. The van der Waals surface area contributed by atoms with Gasteiger partial charge in [-0.1, -0.05) is 41.4 Å². The molecule has 0 aliphatic carbocycles. The molecule has 2 aromatic carbocycles. The second kappa shape index (κ2) is 7.23. The van der Waals surface area contributed by atoms with Crippen LogP contribution in [0.2, 0.25) is 5.02 Å². The van der Waals surface area contributed by atoms with E-state index in [-0.39, 0.29) is 12.3 Å². The molecular weight excluding hydrogens is 296 g/mol. The highest BCUT2D eigenvalue weighted by Gasteiger charge is 2.03. The zero-order chi connectivity index (χ0) is 16.1. The van der Waals surface area contributed by atoms with Gasteiger partial charge in [0.1, 0.15) is 0 Å². The second-order valence-electron chi connectivity index (χ2n) is 5.41. The number of hydrazone groups is 1. The molecule has 0 heterocycles. The molecule has 0 aromatic heterocycles. The number of carbonyl (C=O) groups is 1. The van der Waals surface area contributed by atoms with Gasteiger partial charge in [0.15, 0.2) is 0 Å². The molecule has 4 heteroatoms. The van der Waals surface area contributed by atoms with Crippen LogP contribution in [0.3, 0.4) is 0 Å². The van der Waals surface area contributed by atoms with Gasteiger partial charge < -0.3 is 0 Å². The van der Waals surface area contributed by atoms with Crippen molar-refractivity contribution in [3.63, 3.8) is 0 Å². The summed E-state index contributed by atoms with van der Waals surface area (Å²) >= 11 is 5.82. The lowest BCUT2D eigenvalue weighted by atomic mass is 10.0. The normalized spacial score (nSPS) is 10.9. The van der Waals surface area contributed by atoms with E-state index in [1.54, 1.807) is 18.3 Å². The second-order valence-corrected chi connectivity index (χ2v) is 5.85. The number of nitrogens with one attached hydrogen (secondary N) is 1. The fourth-order valence-corrected chi connectivity index (χ4v) is 2.52. The van der Waals surface area contributed by atoms with Crippen molar-refractivity contribution in [2.24, 2.45) is 5.10 Å². The molecule has 0 unspecified atom stereocenters. The van der Waals surface area contributed by atoms with Gasteiger partial charge >= 0.3 is 0 Å². The molecule has 0 spiro atoms. The van der Waals surface area contributed by atoms with E-state index in [0.717, 1.165) is 22.3 Å². The van der Waals surface area contributed by atoms with Crippen LogP contribution in [0.25, 0.3) is 0 Å². The minimum atomic E-state index is -0.152. The molecular formula is C18H19ClN2O. The number of hydrogen-bond acceptors (Lipinski definition) is 2. The number of aryl methyl sites for hydroxylation is 3. The maximum atomic E-state index is 11.9. The van der Waals surface area contributed by atoms with Gasteiger partial charge in [-0.3, -0.25) is 4.79 Å². The van der Waals surface area contributed by atoms with E-state index < -0.39 is 0 Å². The molecule has 22 heavy (non-hydrogen) atoms. The average molecular weight is 315 g/mol. The van der Waals surface area contributed by atoms with Gasteiger partial charge in [-0.2, -0.15) is 5.10 Å². The summed E-state index contributed by atoms with van der Waals surface area (Å²) in [6.07, 6.45) is 1.98. The minimum absolute atomic E-state index is 0.152. The number of carbonyl (C=O) groups excluding carboxylic acids is 1. The molecule has 0 aliphatic heterocycles. The molecule has 1 amide bonds. The van der Waals surface area contributed by atoms with Gasteiger partial charge in [0.05, 0.1) is 12.6 Å². The number of rotatable bonds is 4. The summed E-state index contributed by atoms with van der Waals surface area (Å²) in [7, 11) is 0. The molecule has 2 rings (SSSR count). The van der Waals surface area contributed by atoms with Gasteiger partial charge in [-0.15, -0.1) is 0 Å². The van der Waals surface area contributed by atoms with E-state index in [0.29, 0.717) is 5.02 Å². The predicted molar refractivity (Wildman–Crippen MR) is 91.5 cm³/mol. The summed E-state index contributed by atoms with van der Waals surface area (Å²) in [6, 6.07) is 11.4. The van der Waals surface area contributed by atoms with E-state index in [1.165, 1.54) is 5.56 Å². The Hall–Kier alpha value is -2.13. The third kappa shape index (κ3) is 4.43. The molecule has 0 aliphatic rings. The van der Waals surface area contributed by atoms with Gasteiger partial charge in [0.2, 0.25) is 5.91 Å². The maximum absolute atomic E-state index is 11.9. The van der Waals surface area contributed by atoms with Crippen LogP contribution in [0.5, 0.6) is 0 Å². The highest BCUT2D eigenvalue weighted by molar-refractivity contribution is 6.30. The highest BCUT2D eigenvalue weighted by Crippen LogP contribution is 2.14. The van der Waals surface area contributed by atoms with Crippen molar-refractivity contribution in [1.82, 2.24) is 5.43 Å². The molecule has 1 N–H and O–H groups in total. The summed E-state index contributed by atoms with van der Waals surface area (Å²) in [5.41, 5.74) is 8.02. The summed E-state index contributed by atoms with van der Waals surface area (Å²) in [6.45, 7) is 6.14. The van der Waals surface area contributed by atoms with E-state index in [4.69, 9.17) is 11.6 Å². The zero-order valence-corrected chi connectivity index (χ0v) is 13.7. The van der Waals surface area contributed by atoms with Crippen molar-refractivity contribution in [3.8, 4) is 0 Å². The van der Waals surface area contributed by atoms with E-state index >= 15 is 0 Å². The number of hydrogen-bond donors (Lipinski definition) is 1. The van der Waals surface area contributed by atoms with Crippen molar-refractivity contribution in [3.05, 3.63) is 69.2 Å². The van der Waals surface area contributed by atoms with Crippen LogP contribution in [0.1, 0.15) is 27.8 Å². The summed E-state index contributed by atoms with van der Waals surface area (Å²) in [5.74, 6) is -0.152. The topological polar surface area (TPSA) is 41.5 Å². The Labute approximate surface area is 136 Å². The Kier molecular flexibility index (Phi) is 5.34.